The molecule has 0 aliphatic carbocycles. The Hall–Kier alpha value is -2.68. The fourth-order valence-corrected chi connectivity index (χ4v) is 1.83. The Balaban J connectivity index is 2.22. The summed E-state index contributed by atoms with van der Waals surface area (Å²) >= 11 is 5.80. The highest BCUT2D eigenvalue weighted by Gasteiger charge is 2.19. The number of nitrogens with zero attached hydrogens (tertiary/aromatic N) is 4. The standard InChI is InChI=1S/C11H11ClN6O3/c1-17-5-15-16-9(17)4-14-11(19)7-2-6(18(20)21)3-8(12)10(7)13/h2-3,5H,4,13H2,1H3,(H,14,19). The van der Waals surface area contributed by atoms with E-state index in [1.54, 1.807) is 11.6 Å². The molecule has 2 aromatic rings. The molecule has 0 aliphatic heterocycles. The summed E-state index contributed by atoms with van der Waals surface area (Å²) < 4.78 is 1.63. The Bertz CT molecular complexity index is 714. The van der Waals surface area contributed by atoms with E-state index in [9.17, 15) is 14.9 Å². The van der Waals surface area contributed by atoms with Crippen LogP contribution in [0, 0.1) is 10.1 Å². The Kier molecular flexibility index (Phi) is 4.03. The predicted octanol–water partition coefficient (Wildman–Crippen LogP) is 0.889. The van der Waals surface area contributed by atoms with E-state index in [4.69, 9.17) is 17.3 Å². The zero-order valence-corrected chi connectivity index (χ0v) is 11.7. The molecule has 0 saturated heterocycles. The summed E-state index contributed by atoms with van der Waals surface area (Å²) in [5, 5.41) is 20.8. The molecule has 0 unspecified atom stereocenters. The summed E-state index contributed by atoms with van der Waals surface area (Å²) in [7, 11) is 1.72. The first-order valence-electron chi connectivity index (χ1n) is 5.74. The van der Waals surface area contributed by atoms with Crippen LogP contribution in [0.1, 0.15) is 16.2 Å². The predicted molar refractivity (Wildman–Crippen MR) is 74.7 cm³/mol. The number of nitro groups is 1. The van der Waals surface area contributed by atoms with Gasteiger partial charge in [-0.1, -0.05) is 11.6 Å². The van der Waals surface area contributed by atoms with Crippen molar-refractivity contribution < 1.29 is 9.72 Å². The number of aromatic nitrogens is 3. The lowest BCUT2D eigenvalue weighted by atomic mass is 10.1. The van der Waals surface area contributed by atoms with E-state index in [1.807, 2.05) is 0 Å². The maximum atomic E-state index is 12.1. The molecule has 10 heteroatoms. The number of nitrogens with two attached hydrogens (primary N) is 1. The zero-order chi connectivity index (χ0) is 15.6. The molecule has 21 heavy (non-hydrogen) atoms. The van der Waals surface area contributed by atoms with E-state index < -0.39 is 10.8 Å². The van der Waals surface area contributed by atoms with Crippen LogP contribution < -0.4 is 11.1 Å². The van der Waals surface area contributed by atoms with E-state index >= 15 is 0 Å². The number of anilines is 1. The van der Waals surface area contributed by atoms with Crippen LogP contribution in [0.25, 0.3) is 0 Å². The van der Waals surface area contributed by atoms with Gasteiger partial charge in [0.2, 0.25) is 0 Å². The lowest BCUT2D eigenvalue weighted by Gasteiger charge is -2.08. The molecule has 0 atom stereocenters. The second-order valence-electron chi connectivity index (χ2n) is 4.19. The van der Waals surface area contributed by atoms with Crippen LogP contribution in [0.4, 0.5) is 11.4 Å². The van der Waals surface area contributed by atoms with Crippen LogP contribution in [0.3, 0.4) is 0 Å². The Morgan fingerprint density at radius 2 is 2.29 bits per heavy atom. The molecule has 1 heterocycles. The highest BCUT2D eigenvalue weighted by atomic mass is 35.5. The molecule has 0 spiro atoms. The van der Waals surface area contributed by atoms with Crippen molar-refractivity contribution in [2.45, 2.75) is 6.54 Å². The molecule has 1 aromatic heterocycles. The van der Waals surface area contributed by atoms with Crippen molar-refractivity contribution in [2.24, 2.45) is 7.05 Å². The molecule has 9 nitrogen and oxygen atoms in total. The average molecular weight is 311 g/mol. The molecule has 0 bridgehead atoms. The topological polar surface area (TPSA) is 129 Å². The van der Waals surface area contributed by atoms with Crippen molar-refractivity contribution in [3.8, 4) is 0 Å². The molecular formula is C11H11ClN6O3. The average Bonchev–Trinajstić information content (AvgIpc) is 2.84. The summed E-state index contributed by atoms with van der Waals surface area (Å²) in [5.41, 5.74) is 5.30. The number of aryl methyl sites for hydroxylation is 1. The third-order valence-electron chi connectivity index (χ3n) is 2.78. The largest absolute Gasteiger partial charge is 0.397 e. The third-order valence-corrected chi connectivity index (χ3v) is 3.09. The van der Waals surface area contributed by atoms with Gasteiger partial charge in [-0.15, -0.1) is 10.2 Å². The molecule has 2 rings (SSSR count). The first kappa shape index (κ1) is 14.7. The lowest BCUT2D eigenvalue weighted by Crippen LogP contribution is -2.25. The van der Waals surface area contributed by atoms with Gasteiger partial charge in [0, 0.05) is 19.2 Å². The van der Waals surface area contributed by atoms with Gasteiger partial charge in [-0.2, -0.15) is 0 Å². The first-order chi connectivity index (χ1) is 9.90. The molecule has 3 N–H and O–H groups in total. The van der Waals surface area contributed by atoms with Gasteiger partial charge >= 0.3 is 0 Å². The fourth-order valence-electron chi connectivity index (χ4n) is 1.62. The van der Waals surface area contributed by atoms with Crippen LogP contribution in [0.2, 0.25) is 5.02 Å². The monoisotopic (exact) mass is 310 g/mol. The number of halogens is 1. The summed E-state index contributed by atoms with van der Waals surface area (Å²) in [4.78, 5) is 22.2. The van der Waals surface area contributed by atoms with E-state index in [0.29, 0.717) is 5.82 Å². The summed E-state index contributed by atoms with van der Waals surface area (Å²) in [5.74, 6) is -0.0560. The summed E-state index contributed by atoms with van der Waals surface area (Å²) in [6, 6.07) is 2.17. The number of nitrogens with one attached hydrogen (secondary N) is 1. The number of nitro benzene ring substituents is 1. The van der Waals surface area contributed by atoms with Crippen molar-refractivity contribution in [2.75, 3.05) is 5.73 Å². The van der Waals surface area contributed by atoms with Gasteiger partial charge in [0.15, 0.2) is 5.82 Å². The van der Waals surface area contributed by atoms with Crippen LogP contribution in [0.5, 0.6) is 0 Å². The maximum absolute atomic E-state index is 12.1. The van der Waals surface area contributed by atoms with E-state index in [1.165, 1.54) is 6.33 Å². The van der Waals surface area contributed by atoms with Gasteiger partial charge in [-0.25, -0.2) is 0 Å². The highest BCUT2D eigenvalue weighted by molar-refractivity contribution is 6.34. The van der Waals surface area contributed by atoms with Crippen molar-refractivity contribution >= 4 is 28.9 Å². The number of rotatable bonds is 4. The number of carbonyl (C=O) groups is 1. The van der Waals surface area contributed by atoms with Gasteiger partial charge in [-0.05, 0) is 0 Å². The molecule has 1 aromatic carbocycles. The SMILES string of the molecule is Cn1cnnc1CNC(=O)c1cc([N+](=O)[O-])cc(Cl)c1N. The van der Waals surface area contributed by atoms with Crippen molar-refractivity contribution in [3.63, 3.8) is 0 Å². The molecule has 1 amide bonds. The number of nitrogen functional groups attached to an aromatic ring is 1. The van der Waals surface area contributed by atoms with Gasteiger partial charge in [0.25, 0.3) is 11.6 Å². The van der Waals surface area contributed by atoms with Crippen LogP contribution >= 0.6 is 11.6 Å². The molecule has 0 aliphatic rings. The lowest BCUT2D eigenvalue weighted by molar-refractivity contribution is -0.384. The number of non-ortho nitro benzene ring substituents is 1. The molecular weight excluding hydrogens is 300 g/mol. The van der Waals surface area contributed by atoms with E-state index in [0.717, 1.165) is 12.1 Å². The van der Waals surface area contributed by atoms with Crippen molar-refractivity contribution in [1.29, 1.82) is 0 Å². The van der Waals surface area contributed by atoms with Crippen LogP contribution in [0.15, 0.2) is 18.5 Å². The summed E-state index contributed by atoms with van der Waals surface area (Å²) in [6.07, 6.45) is 1.49. The third kappa shape index (κ3) is 3.08. The zero-order valence-electron chi connectivity index (χ0n) is 10.9. The fraction of sp³-hybridized carbons (Fsp3) is 0.182. The quantitative estimate of drug-likeness (QED) is 0.490. The summed E-state index contributed by atoms with van der Waals surface area (Å²) in [6.45, 7) is 0.106. The van der Waals surface area contributed by atoms with Crippen LogP contribution in [-0.2, 0) is 13.6 Å². The van der Waals surface area contributed by atoms with Gasteiger partial charge < -0.3 is 15.6 Å². The first-order valence-corrected chi connectivity index (χ1v) is 6.12. The van der Waals surface area contributed by atoms with Gasteiger partial charge in [0.05, 0.1) is 27.7 Å². The van der Waals surface area contributed by atoms with Crippen LogP contribution in [-0.4, -0.2) is 25.6 Å². The molecule has 110 valence electrons. The van der Waals surface area contributed by atoms with Gasteiger partial charge in [-0.3, -0.25) is 14.9 Å². The molecule has 0 saturated carbocycles. The van der Waals surface area contributed by atoms with E-state index in [2.05, 4.69) is 15.5 Å². The van der Waals surface area contributed by atoms with Crippen molar-refractivity contribution in [1.82, 2.24) is 20.1 Å². The number of carbonyl (C=O) groups excluding carboxylic acids is 1. The van der Waals surface area contributed by atoms with Gasteiger partial charge in [0.1, 0.15) is 6.33 Å². The molecule has 0 fully saturated rings. The second kappa shape index (κ2) is 5.75. The Labute approximate surface area is 123 Å². The number of hydrogen-bond donors (Lipinski definition) is 2. The number of benzene rings is 1. The highest BCUT2D eigenvalue weighted by Crippen LogP contribution is 2.28. The van der Waals surface area contributed by atoms with Crippen molar-refractivity contribution in [3.05, 3.63) is 45.0 Å². The Morgan fingerprint density at radius 1 is 1.57 bits per heavy atom. The number of hydrogen-bond acceptors (Lipinski definition) is 6. The normalized spacial score (nSPS) is 10.4. The number of amides is 1. The minimum Gasteiger partial charge on any atom is -0.397 e. The second-order valence-corrected chi connectivity index (χ2v) is 4.59. The minimum atomic E-state index is -0.648. The maximum Gasteiger partial charge on any atom is 0.271 e. The Morgan fingerprint density at radius 3 is 2.86 bits per heavy atom. The minimum absolute atomic E-state index is 0.0160. The van der Waals surface area contributed by atoms with E-state index in [-0.39, 0.29) is 28.5 Å². The smallest absolute Gasteiger partial charge is 0.271 e. The molecule has 0 radical (unpaired) electrons.